The van der Waals surface area contributed by atoms with Crippen molar-refractivity contribution in [3.63, 3.8) is 0 Å². The number of imidazole rings is 1. The van der Waals surface area contributed by atoms with E-state index < -0.39 is 5.97 Å². The first-order chi connectivity index (χ1) is 15.6. The summed E-state index contributed by atoms with van der Waals surface area (Å²) in [6, 6.07) is 15.8. The summed E-state index contributed by atoms with van der Waals surface area (Å²) in [5.41, 5.74) is 3.64. The zero-order chi connectivity index (χ0) is 22.2. The molecule has 0 unspecified atom stereocenters. The molecular weight excluding hydrogens is 408 g/mol. The van der Waals surface area contributed by atoms with Gasteiger partial charge >= 0.3 is 11.7 Å². The normalized spacial score (nSPS) is 15.8. The molecule has 0 saturated carbocycles. The molecule has 0 radical (unpaired) electrons. The van der Waals surface area contributed by atoms with Gasteiger partial charge in [-0.15, -0.1) is 0 Å². The molecule has 1 fully saturated rings. The van der Waals surface area contributed by atoms with E-state index in [4.69, 9.17) is 4.74 Å². The number of phenolic OH excluding ortho intramolecular Hbond substituents is 1. The van der Waals surface area contributed by atoms with Crippen LogP contribution in [-0.2, 0) is 4.74 Å². The van der Waals surface area contributed by atoms with Crippen molar-refractivity contribution in [2.45, 2.75) is 12.5 Å². The highest BCUT2D eigenvalue weighted by molar-refractivity contribution is 5.91. The third-order valence-electron chi connectivity index (χ3n) is 5.89. The number of phenols is 1. The molecule has 0 aliphatic carbocycles. The van der Waals surface area contributed by atoms with Crippen LogP contribution >= 0.6 is 0 Å². The average Bonchev–Trinajstić information content (AvgIpc) is 3.44. The van der Waals surface area contributed by atoms with Crippen molar-refractivity contribution in [2.24, 2.45) is 0 Å². The van der Waals surface area contributed by atoms with E-state index in [0.29, 0.717) is 16.9 Å². The van der Waals surface area contributed by atoms with Crippen LogP contribution in [0, 0.1) is 0 Å². The van der Waals surface area contributed by atoms with E-state index in [9.17, 15) is 14.7 Å². The van der Waals surface area contributed by atoms with Crippen LogP contribution in [0.2, 0.25) is 0 Å². The molecule has 1 aliphatic rings. The van der Waals surface area contributed by atoms with E-state index in [1.807, 2.05) is 36.4 Å². The van der Waals surface area contributed by atoms with Crippen LogP contribution in [0.15, 0.2) is 65.6 Å². The quantitative estimate of drug-likeness (QED) is 0.483. The lowest BCUT2D eigenvalue weighted by atomic mass is 10.0. The molecule has 1 aliphatic heterocycles. The number of nitrogens with one attached hydrogen (secondary N) is 1. The summed E-state index contributed by atoms with van der Waals surface area (Å²) in [5, 5.41) is 13.7. The highest BCUT2D eigenvalue weighted by Gasteiger charge is 2.24. The number of hydrogen-bond donors (Lipinski definition) is 2. The zero-order valence-electron chi connectivity index (χ0n) is 17.5. The number of carbonyl (C=O) groups is 1. The standard InChI is InChI=1S/C24H22N4O4/c1-32-23(30)16-6-9-19(21(29)13-16)15-4-7-17(8-5-15)27-20-3-2-11-26-22(20)28(24(27)31)18-10-12-25-14-18/h2-9,11,13,18,25,29H,10,12,14H2,1H3/t18-/m0/s1. The van der Waals surface area contributed by atoms with E-state index in [0.717, 1.165) is 30.6 Å². The van der Waals surface area contributed by atoms with Crippen molar-refractivity contribution >= 4 is 17.1 Å². The maximum atomic E-state index is 13.4. The number of aromatic nitrogens is 3. The van der Waals surface area contributed by atoms with E-state index in [1.165, 1.54) is 13.2 Å². The number of methoxy groups -OCH3 is 1. The van der Waals surface area contributed by atoms with Crippen molar-refractivity contribution < 1.29 is 14.6 Å². The largest absolute Gasteiger partial charge is 0.507 e. The van der Waals surface area contributed by atoms with Gasteiger partial charge in [-0.1, -0.05) is 12.1 Å². The molecule has 8 heteroatoms. The third-order valence-corrected chi connectivity index (χ3v) is 5.89. The lowest BCUT2D eigenvalue weighted by molar-refractivity contribution is 0.0600. The van der Waals surface area contributed by atoms with Crippen LogP contribution in [0.5, 0.6) is 5.75 Å². The van der Waals surface area contributed by atoms with Gasteiger partial charge < -0.3 is 15.2 Å². The molecule has 32 heavy (non-hydrogen) atoms. The summed E-state index contributed by atoms with van der Waals surface area (Å²) in [6.45, 7) is 1.62. The molecule has 2 aromatic carbocycles. The molecule has 162 valence electrons. The smallest absolute Gasteiger partial charge is 0.337 e. The lowest BCUT2D eigenvalue weighted by Gasteiger charge is -2.10. The predicted molar refractivity (Wildman–Crippen MR) is 120 cm³/mol. The van der Waals surface area contributed by atoms with Gasteiger partial charge in [0, 0.05) is 18.3 Å². The van der Waals surface area contributed by atoms with Gasteiger partial charge in [0.15, 0.2) is 5.65 Å². The summed E-state index contributed by atoms with van der Waals surface area (Å²) < 4.78 is 8.14. The third kappa shape index (κ3) is 3.25. The lowest BCUT2D eigenvalue weighted by Crippen LogP contribution is -2.28. The number of rotatable bonds is 4. The molecule has 3 heterocycles. The first-order valence-corrected chi connectivity index (χ1v) is 10.4. The number of hydrogen-bond acceptors (Lipinski definition) is 6. The highest BCUT2D eigenvalue weighted by Crippen LogP contribution is 2.31. The second kappa shape index (κ2) is 7.97. The number of esters is 1. The number of benzene rings is 2. The minimum atomic E-state index is -0.510. The fourth-order valence-electron chi connectivity index (χ4n) is 4.30. The molecule has 0 bridgehead atoms. The van der Waals surface area contributed by atoms with Crippen LogP contribution in [0.4, 0.5) is 0 Å². The second-order valence-corrected chi connectivity index (χ2v) is 7.75. The SMILES string of the molecule is COC(=O)c1ccc(-c2ccc(-n3c(=O)n([C@H]4CCNC4)c4ncccc43)cc2)c(O)c1. The Hall–Kier alpha value is -3.91. The molecule has 1 atom stereocenters. The van der Waals surface area contributed by atoms with E-state index in [-0.39, 0.29) is 23.0 Å². The van der Waals surface area contributed by atoms with Crippen LogP contribution < -0.4 is 11.0 Å². The highest BCUT2D eigenvalue weighted by atomic mass is 16.5. The van der Waals surface area contributed by atoms with Crippen LogP contribution in [0.25, 0.3) is 28.0 Å². The minimum absolute atomic E-state index is 0.0210. The number of ether oxygens (including phenoxy) is 1. The Morgan fingerprint density at radius 2 is 2.00 bits per heavy atom. The fourth-order valence-corrected chi connectivity index (χ4v) is 4.30. The summed E-state index contributed by atoms with van der Waals surface area (Å²) in [6.07, 6.45) is 2.59. The van der Waals surface area contributed by atoms with Gasteiger partial charge in [0.25, 0.3) is 0 Å². The molecule has 5 rings (SSSR count). The Morgan fingerprint density at radius 3 is 2.69 bits per heavy atom. The van der Waals surface area contributed by atoms with E-state index in [1.54, 1.807) is 27.5 Å². The van der Waals surface area contributed by atoms with E-state index >= 15 is 0 Å². The van der Waals surface area contributed by atoms with Gasteiger partial charge in [-0.25, -0.2) is 14.6 Å². The number of fused-ring (bicyclic) bond motifs is 1. The zero-order valence-corrected chi connectivity index (χ0v) is 17.5. The number of nitrogens with zero attached hydrogens (tertiary/aromatic N) is 3. The molecule has 2 N–H and O–H groups in total. The van der Waals surface area contributed by atoms with Crippen molar-refractivity contribution in [3.8, 4) is 22.6 Å². The van der Waals surface area contributed by atoms with Crippen molar-refractivity contribution in [1.29, 1.82) is 0 Å². The van der Waals surface area contributed by atoms with Crippen LogP contribution in [0.1, 0.15) is 22.8 Å². The predicted octanol–water partition coefficient (Wildman–Crippen LogP) is 2.88. The van der Waals surface area contributed by atoms with Gasteiger partial charge in [-0.2, -0.15) is 0 Å². The molecule has 2 aromatic heterocycles. The Kier molecular flexibility index (Phi) is 4.99. The van der Waals surface area contributed by atoms with Gasteiger partial charge in [0.05, 0.1) is 29.9 Å². The number of aromatic hydroxyl groups is 1. The fraction of sp³-hybridized carbons (Fsp3) is 0.208. The van der Waals surface area contributed by atoms with Crippen molar-refractivity contribution in [1.82, 2.24) is 19.4 Å². The van der Waals surface area contributed by atoms with Gasteiger partial charge in [0.1, 0.15) is 5.75 Å². The molecule has 0 amide bonds. The Morgan fingerprint density at radius 1 is 1.19 bits per heavy atom. The average molecular weight is 430 g/mol. The Bertz CT molecular complexity index is 1370. The van der Waals surface area contributed by atoms with Crippen LogP contribution in [-0.4, -0.2) is 45.4 Å². The van der Waals surface area contributed by atoms with Crippen molar-refractivity contribution in [3.05, 3.63) is 76.8 Å². The van der Waals surface area contributed by atoms with Gasteiger partial charge in [-0.3, -0.25) is 9.13 Å². The Balaban J connectivity index is 1.56. The maximum absolute atomic E-state index is 13.4. The monoisotopic (exact) mass is 430 g/mol. The Labute approximate surface area is 183 Å². The maximum Gasteiger partial charge on any atom is 0.337 e. The number of carbonyl (C=O) groups excluding carboxylic acids is 1. The van der Waals surface area contributed by atoms with Gasteiger partial charge in [-0.05, 0) is 61.0 Å². The molecule has 0 spiro atoms. The molecule has 4 aromatic rings. The molecule has 1 saturated heterocycles. The first-order valence-electron chi connectivity index (χ1n) is 10.4. The minimum Gasteiger partial charge on any atom is -0.507 e. The number of pyridine rings is 1. The van der Waals surface area contributed by atoms with Gasteiger partial charge in [0.2, 0.25) is 0 Å². The molecule has 8 nitrogen and oxygen atoms in total. The second-order valence-electron chi connectivity index (χ2n) is 7.75. The van der Waals surface area contributed by atoms with Crippen LogP contribution in [0.3, 0.4) is 0 Å². The summed E-state index contributed by atoms with van der Waals surface area (Å²) in [7, 11) is 1.30. The molecular formula is C24H22N4O4. The summed E-state index contributed by atoms with van der Waals surface area (Å²) >= 11 is 0. The summed E-state index contributed by atoms with van der Waals surface area (Å²) in [4.78, 5) is 29.5. The van der Waals surface area contributed by atoms with E-state index in [2.05, 4.69) is 10.3 Å². The first kappa shape index (κ1) is 20.0. The summed E-state index contributed by atoms with van der Waals surface area (Å²) in [5.74, 6) is -0.531. The van der Waals surface area contributed by atoms with Crippen molar-refractivity contribution in [2.75, 3.05) is 20.2 Å². The topological polar surface area (TPSA) is 98.4 Å².